The summed E-state index contributed by atoms with van der Waals surface area (Å²) in [5.74, 6) is -0.564. The third-order valence-electron chi connectivity index (χ3n) is 2.96. The van der Waals surface area contributed by atoms with Crippen LogP contribution in [-0.4, -0.2) is 28.8 Å². The third kappa shape index (κ3) is 4.54. The van der Waals surface area contributed by atoms with Crippen molar-refractivity contribution >= 4 is 5.91 Å². The fraction of sp³-hybridized carbons (Fsp3) is 0.333. The fourth-order valence-electron chi connectivity index (χ4n) is 1.98. The zero-order chi connectivity index (χ0) is 15.9. The zero-order valence-electron chi connectivity index (χ0n) is 12.1. The van der Waals surface area contributed by atoms with Crippen molar-refractivity contribution in [2.45, 2.75) is 26.5 Å². The van der Waals surface area contributed by atoms with Gasteiger partial charge in [-0.2, -0.15) is 13.9 Å². The van der Waals surface area contributed by atoms with Crippen LogP contribution < -0.4 is 10.1 Å². The summed E-state index contributed by atoms with van der Waals surface area (Å²) in [6, 6.07) is 5.92. The molecule has 2 rings (SSSR count). The Balaban J connectivity index is 1.84. The van der Waals surface area contributed by atoms with Crippen LogP contribution in [0.2, 0.25) is 0 Å². The van der Waals surface area contributed by atoms with Gasteiger partial charge in [0.15, 0.2) is 0 Å². The van der Waals surface area contributed by atoms with Crippen molar-refractivity contribution in [2.24, 2.45) is 0 Å². The molecule has 22 heavy (non-hydrogen) atoms. The second-order valence-corrected chi connectivity index (χ2v) is 4.76. The number of carbonyl (C=O) groups is 1. The lowest BCUT2D eigenvalue weighted by Crippen LogP contribution is -2.26. The molecule has 0 unspecified atom stereocenters. The van der Waals surface area contributed by atoms with Crippen LogP contribution in [0.15, 0.2) is 36.7 Å². The lowest BCUT2D eigenvalue weighted by molar-refractivity contribution is -0.0501. The number of alkyl halides is 2. The predicted octanol–water partition coefficient (Wildman–Crippen LogP) is 2.61. The molecule has 0 aliphatic rings. The summed E-state index contributed by atoms with van der Waals surface area (Å²) in [7, 11) is 0. The van der Waals surface area contributed by atoms with E-state index in [-0.39, 0.29) is 11.3 Å². The number of ether oxygens (including phenoxy) is 1. The summed E-state index contributed by atoms with van der Waals surface area (Å²) in [5, 5.41) is 6.82. The summed E-state index contributed by atoms with van der Waals surface area (Å²) in [5.41, 5.74) is 1.17. The quantitative estimate of drug-likeness (QED) is 0.800. The normalized spacial score (nSPS) is 10.7. The van der Waals surface area contributed by atoms with Gasteiger partial charge in [-0.1, -0.05) is 12.1 Å². The number of hydrogen-bond acceptors (Lipinski definition) is 3. The second kappa shape index (κ2) is 7.53. The van der Waals surface area contributed by atoms with Crippen molar-refractivity contribution in [1.82, 2.24) is 15.1 Å². The highest BCUT2D eigenvalue weighted by atomic mass is 19.3. The number of halogens is 2. The van der Waals surface area contributed by atoms with E-state index >= 15 is 0 Å². The van der Waals surface area contributed by atoms with Crippen LogP contribution in [0.4, 0.5) is 8.78 Å². The molecule has 0 fully saturated rings. The molecule has 7 heteroatoms. The average Bonchev–Trinajstić information content (AvgIpc) is 2.89. The highest BCUT2D eigenvalue weighted by Gasteiger charge is 2.14. The van der Waals surface area contributed by atoms with E-state index in [4.69, 9.17) is 0 Å². The molecule has 0 radical (unpaired) electrons. The second-order valence-electron chi connectivity index (χ2n) is 4.76. The molecule has 1 heterocycles. The van der Waals surface area contributed by atoms with Crippen LogP contribution in [0.25, 0.3) is 0 Å². The van der Waals surface area contributed by atoms with Gasteiger partial charge in [-0.3, -0.25) is 9.48 Å². The van der Waals surface area contributed by atoms with Crippen molar-refractivity contribution in [3.8, 4) is 5.75 Å². The molecular weight excluding hydrogens is 292 g/mol. The minimum Gasteiger partial charge on any atom is -0.434 e. The Morgan fingerprint density at radius 1 is 1.41 bits per heavy atom. The van der Waals surface area contributed by atoms with Crippen LogP contribution in [0.1, 0.15) is 22.3 Å². The first-order valence-electron chi connectivity index (χ1n) is 6.87. The van der Waals surface area contributed by atoms with E-state index in [1.807, 2.05) is 13.1 Å². The summed E-state index contributed by atoms with van der Waals surface area (Å²) in [6.45, 7) is 0.0759. The SMILES string of the molecule is Cc1cnn(CCCNC(=O)c2ccccc2OC(F)F)c1. The Kier molecular flexibility index (Phi) is 5.46. The molecule has 1 aromatic carbocycles. The van der Waals surface area contributed by atoms with Gasteiger partial charge < -0.3 is 10.1 Å². The van der Waals surface area contributed by atoms with E-state index in [0.29, 0.717) is 19.5 Å². The highest BCUT2D eigenvalue weighted by Crippen LogP contribution is 2.19. The van der Waals surface area contributed by atoms with Gasteiger partial charge >= 0.3 is 6.61 Å². The lowest BCUT2D eigenvalue weighted by atomic mass is 10.2. The summed E-state index contributed by atoms with van der Waals surface area (Å²) >= 11 is 0. The van der Waals surface area contributed by atoms with Gasteiger partial charge in [0.25, 0.3) is 5.91 Å². The molecule has 1 amide bonds. The Hall–Kier alpha value is -2.44. The smallest absolute Gasteiger partial charge is 0.387 e. The van der Waals surface area contributed by atoms with E-state index in [1.165, 1.54) is 18.2 Å². The topological polar surface area (TPSA) is 56.2 Å². The van der Waals surface area contributed by atoms with Crippen molar-refractivity contribution in [3.63, 3.8) is 0 Å². The molecule has 1 aromatic heterocycles. The van der Waals surface area contributed by atoms with Gasteiger partial charge in [0.1, 0.15) is 5.75 Å². The minimum atomic E-state index is -2.96. The third-order valence-corrected chi connectivity index (χ3v) is 2.96. The summed E-state index contributed by atoms with van der Waals surface area (Å²) < 4.78 is 30.7. The average molecular weight is 309 g/mol. The van der Waals surface area contributed by atoms with Gasteiger partial charge in [-0.05, 0) is 31.0 Å². The molecule has 0 aliphatic heterocycles. The Morgan fingerprint density at radius 2 is 2.18 bits per heavy atom. The van der Waals surface area contributed by atoms with Crippen molar-refractivity contribution in [2.75, 3.05) is 6.54 Å². The minimum absolute atomic E-state index is 0.0951. The van der Waals surface area contributed by atoms with Gasteiger partial charge in [0.2, 0.25) is 0 Å². The monoisotopic (exact) mass is 309 g/mol. The summed E-state index contributed by atoms with van der Waals surface area (Å²) in [6.07, 6.45) is 4.36. The Bertz CT molecular complexity index is 629. The number of aromatic nitrogens is 2. The molecule has 0 spiro atoms. The predicted molar refractivity (Wildman–Crippen MR) is 77.0 cm³/mol. The maximum Gasteiger partial charge on any atom is 0.387 e. The van der Waals surface area contributed by atoms with Gasteiger partial charge in [0, 0.05) is 19.3 Å². The number of nitrogens with zero attached hydrogens (tertiary/aromatic N) is 2. The molecule has 1 N–H and O–H groups in total. The molecular formula is C15H17F2N3O2. The Labute approximate surface area is 126 Å². The Morgan fingerprint density at radius 3 is 2.86 bits per heavy atom. The lowest BCUT2D eigenvalue weighted by Gasteiger charge is -2.10. The van der Waals surface area contributed by atoms with E-state index in [0.717, 1.165) is 5.56 Å². The van der Waals surface area contributed by atoms with Crippen LogP contribution >= 0.6 is 0 Å². The van der Waals surface area contributed by atoms with Crippen LogP contribution in [0.5, 0.6) is 5.75 Å². The number of hydrogen-bond donors (Lipinski definition) is 1. The maximum atomic E-state index is 12.3. The van der Waals surface area contributed by atoms with E-state index in [9.17, 15) is 13.6 Å². The molecule has 118 valence electrons. The van der Waals surface area contributed by atoms with Crippen molar-refractivity contribution in [1.29, 1.82) is 0 Å². The standard InChI is InChI=1S/C15H17F2N3O2/c1-11-9-19-20(10-11)8-4-7-18-14(21)12-5-2-3-6-13(12)22-15(16)17/h2-3,5-6,9-10,15H,4,7-8H2,1H3,(H,18,21). The fourth-order valence-corrected chi connectivity index (χ4v) is 1.98. The summed E-state index contributed by atoms with van der Waals surface area (Å²) in [4.78, 5) is 12.0. The maximum absolute atomic E-state index is 12.3. The molecule has 0 saturated heterocycles. The van der Waals surface area contributed by atoms with Gasteiger partial charge in [-0.15, -0.1) is 0 Å². The van der Waals surface area contributed by atoms with E-state index in [1.54, 1.807) is 16.9 Å². The number of carbonyl (C=O) groups excluding carboxylic acids is 1. The van der Waals surface area contributed by atoms with Crippen LogP contribution in [0, 0.1) is 6.92 Å². The first kappa shape index (κ1) is 15.9. The van der Waals surface area contributed by atoms with Crippen LogP contribution in [0.3, 0.4) is 0 Å². The first-order chi connectivity index (χ1) is 10.6. The number of para-hydroxylation sites is 1. The van der Waals surface area contributed by atoms with Crippen molar-refractivity contribution < 1.29 is 18.3 Å². The van der Waals surface area contributed by atoms with E-state index < -0.39 is 12.5 Å². The van der Waals surface area contributed by atoms with Crippen LogP contribution in [-0.2, 0) is 6.54 Å². The molecule has 0 saturated carbocycles. The number of benzene rings is 1. The largest absolute Gasteiger partial charge is 0.434 e. The zero-order valence-corrected chi connectivity index (χ0v) is 12.1. The molecule has 5 nitrogen and oxygen atoms in total. The first-order valence-corrected chi connectivity index (χ1v) is 6.87. The van der Waals surface area contributed by atoms with Gasteiger partial charge in [-0.25, -0.2) is 0 Å². The van der Waals surface area contributed by atoms with Crippen molar-refractivity contribution in [3.05, 3.63) is 47.8 Å². The number of amides is 1. The number of nitrogens with one attached hydrogen (secondary N) is 1. The number of aryl methyl sites for hydroxylation is 2. The van der Waals surface area contributed by atoms with E-state index in [2.05, 4.69) is 15.2 Å². The van der Waals surface area contributed by atoms with Gasteiger partial charge in [0.05, 0.1) is 11.8 Å². The number of rotatable bonds is 7. The molecule has 2 aromatic rings. The molecule has 0 atom stereocenters. The molecule has 0 aliphatic carbocycles. The highest BCUT2D eigenvalue weighted by molar-refractivity contribution is 5.96. The molecule has 0 bridgehead atoms.